The molecule has 3 aromatic carbocycles. The summed E-state index contributed by atoms with van der Waals surface area (Å²) in [6.45, 7) is 0.751. The number of hydrogen-bond donors (Lipinski definition) is 0. The van der Waals surface area contributed by atoms with Gasteiger partial charge in [-0.1, -0.05) is 66.7 Å². The number of carbonyl (C=O) groups excluding carboxylic acids is 1. The smallest absolute Gasteiger partial charge is 0.167 e. The number of carbonyl (C=O) groups is 1. The first-order valence-corrected chi connectivity index (χ1v) is 8.35. The number of ketones is 1. The minimum Gasteiger partial charge on any atom is -0.309 e. The van der Waals surface area contributed by atoms with Crippen LogP contribution in [0.3, 0.4) is 0 Å². The van der Waals surface area contributed by atoms with Crippen molar-refractivity contribution in [1.82, 2.24) is 4.90 Å². The quantitative estimate of drug-likeness (QED) is 0.626. The van der Waals surface area contributed by atoms with E-state index in [0.717, 1.165) is 23.9 Å². The van der Waals surface area contributed by atoms with E-state index in [0.29, 0.717) is 0 Å². The summed E-state index contributed by atoms with van der Waals surface area (Å²) in [7, 11) is 4.04. The molecule has 0 aliphatic rings. The van der Waals surface area contributed by atoms with Gasteiger partial charge in [0.15, 0.2) is 5.78 Å². The minimum absolute atomic E-state index is 0.0384. The molecule has 0 saturated carbocycles. The van der Waals surface area contributed by atoms with E-state index in [-0.39, 0.29) is 11.7 Å². The highest BCUT2D eigenvalue weighted by Crippen LogP contribution is 2.20. The number of hydrogen-bond acceptors (Lipinski definition) is 2. The van der Waals surface area contributed by atoms with E-state index in [1.165, 1.54) is 10.9 Å². The van der Waals surface area contributed by atoms with Crippen LogP contribution in [0.25, 0.3) is 10.8 Å². The van der Waals surface area contributed by atoms with Crippen LogP contribution in [0.1, 0.15) is 15.9 Å². The fourth-order valence-corrected chi connectivity index (χ4v) is 3.16. The molecule has 0 aliphatic heterocycles. The van der Waals surface area contributed by atoms with Gasteiger partial charge in [-0.25, -0.2) is 0 Å². The SMILES string of the molecule is CN(C)CC(Cc1ccccc1)C(=O)c1ccc2ccccc2c1. The molecule has 0 spiro atoms. The maximum absolute atomic E-state index is 13.1. The number of rotatable bonds is 6. The van der Waals surface area contributed by atoms with Crippen LogP contribution in [-0.2, 0) is 6.42 Å². The Balaban J connectivity index is 1.88. The Morgan fingerprint density at radius 1 is 0.875 bits per heavy atom. The van der Waals surface area contributed by atoms with E-state index in [1.54, 1.807) is 0 Å². The summed E-state index contributed by atoms with van der Waals surface area (Å²) >= 11 is 0. The first-order valence-electron chi connectivity index (χ1n) is 8.35. The van der Waals surface area contributed by atoms with Gasteiger partial charge in [0.1, 0.15) is 0 Å². The zero-order valence-corrected chi connectivity index (χ0v) is 14.3. The third-order valence-corrected chi connectivity index (χ3v) is 4.32. The number of fused-ring (bicyclic) bond motifs is 1. The summed E-state index contributed by atoms with van der Waals surface area (Å²) in [5.74, 6) is 0.182. The van der Waals surface area contributed by atoms with E-state index >= 15 is 0 Å². The third kappa shape index (κ3) is 3.90. The van der Waals surface area contributed by atoms with Crippen molar-refractivity contribution in [1.29, 1.82) is 0 Å². The second-order valence-corrected chi connectivity index (χ2v) is 6.58. The van der Waals surface area contributed by atoms with Gasteiger partial charge in [-0.3, -0.25) is 4.79 Å². The highest BCUT2D eigenvalue weighted by Gasteiger charge is 2.21. The summed E-state index contributed by atoms with van der Waals surface area (Å²) in [6, 6.07) is 24.4. The molecule has 0 aliphatic carbocycles. The lowest BCUT2D eigenvalue weighted by Crippen LogP contribution is -2.29. The van der Waals surface area contributed by atoms with Crippen molar-refractivity contribution in [2.24, 2.45) is 5.92 Å². The van der Waals surface area contributed by atoms with Crippen molar-refractivity contribution < 1.29 is 4.79 Å². The van der Waals surface area contributed by atoms with Gasteiger partial charge in [-0.15, -0.1) is 0 Å². The molecule has 0 radical (unpaired) electrons. The van der Waals surface area contributed by atoms with Crippen LogP contribution in [0.2, 0.25) is 0 Å². The van der Waals surface area contributed by atoms with E-state index < -0.39 is 0 Å². The fourth-order valence-electron chi connectivity index (χ4n) is 3.16. The maximum atomic E-state index is 13.1. The number of benzene rings is 3. The minimum atomic E-state index is -0.0384. The van der Waals surface area contributed by atoms with Crippen molar-refractivity contribution in [2.45, 2.75) is 6.42 Å². The van der Waals surface area contributed by atoms with Crippen LogP contribution in [0.5, 0.6) is 0 Å². The lowest BCUT2D eigenvalue weighted by molar-refractivity contribution is 0.0897. The first-order chi connectivity index (χ1) is 11.6. The largest absolute Gasteiger partial charge is 0.309 e. The van der Waals surface area contributed by atoms with Gasteiger partial charge in [-0.05, 0) is 42.9 Å². The van der Waals surface area contributed by atoms with Gasteiger partial charge in [0.2, 0.25) is 0 Å². The second kappa shape index (κ2) is 7.41. The Kier molecular flexibility index (Phi) is 5.07. The molecule has 3 rings (SSSR count). The summed E-state index contributed by atoms with van der Waals surface area (Å²) in [4.78, 5) is 15.2. The zero-order valence-electron chi connectivity index (χ0n) is 14.3. The average Bonchev–Trinajstić information content (AvgIpc) is 2.60. The third-order valence-electron chi connectivity index (χ3n) is 4.32. The first kappa shape index (κ1) is 16.4. The lowest BCUT2D eigenvalue weighted by atomic mass is 9.90. The molecule has 0 heterocycles. The lowest BCUT2D eigenvalue weighted by Gasteiger charge is -2.20. The van der Waals surface area contributed by atoms with Crippen LogP contribution in [0, 0.1) is 5.92 Å². The highest BCUT2D eigenvalue weighted by molar-refractivity contribution is 6.01. The molecule has 2 nitrogen and oxygen atoms in total. The van der Waals surface area contributed by atoms with E-state index in [1.807, 2.05) is 62.6 Å². The molecule has 2 heteroatoms. The monoisotopic (exact) mass is 317 g/mol. The molecule has 3 aromatic rings. The maximum Gasteiger partial charge on any atom is 0.167 e. The van der Waals surface area contributed by atoms with Crippen LogP contribution >= 0.6 is 0 Å². The number of Topliss-reactive ketones (excluding diaryl/α,β-unsaturated/α-hetero) is 1. The standard InChI is InChI=1S/C22H23NO/c1-23(2)16-21(14-17-8-4-3-5-9-17)22(24)20-13-12-18-10-6-7-11-19(18)15-20/h3-13,15,21H,14,16H2,1-2H3. The van der Waals surface area contributed by atoms with Crippen LogP contribution in [-0.4, -0.2) is 31.3 Å². The van der Waals surface area contributed by atoms with Gasteiger partial charge in [-0.2, -0.15) is 0 Å². The van der Waals surface area contributed by atoms with Crippen molar-refractivity contribution in [2.75, 3.05) is 20.6 Å². The predicted octanol–water partition coefficient (Wildman–Crippen LogP) is 4.44. The van der Waals surface area contributed by atoms with Crippen molar-refractivity contribution in [3.63, 3.8) is 0 Å². The molecular weight excluding hydrogens is 294 g/mol. The average molecular weight is 317 g/mol. The Bertz CT molecular complexity index is 824. The van der Waals surface area contributed by atoms with Gasteiger partial charge in [0, 0.05) is 18.0 Å². The van der Waals surface area contributed by atoms with E-state index in [4.69, 9.17) is 0 Å². The molecule has 0 aromatic heterocycles. The molecule has 1 unspecified atom stereocenters. The Morgan fingerprint density at radius 2 is 1.54 bits per heavy atom. The molecule has 0 N–H and O–H groups in total. The zero-order chi connectivity index (χ0) is 16.9. The van der Waals surface area contributed by atoms with Crippen molar-refractivity contribution >= 4 is 16.6 Å². The summed E-state index contributed by atoms with van der Waals surface area (Å²) in [6.07, 6.45) is 0.769. The van der Waals surface area contributed by atoms with Crippen LogP contribution < -0.4 is 0 Å². The summed E-state index contributed by atoms with van der Waals surface area (Å²) < 4.78 is 0. The second-order valence-electron chi connectivity index (χ2n) is 6.58. The van der Waals surface area contributed by atoms with Gasteiger partial charge >= 0.3 is 0 Å². The molecule has 0 fully saturated rings. The van der Waals surface area contributed by atoms with Crippen molar-refractivity contribution in [3.8, 4) is 0 Å². The van der Waals surface area contributed by atoms with E-state index in [2.05, 4.69) is 29.2 Å². The molecule has 1 atom stereocenters. The Labute approximate surface area is 143 Å². The normalized spacial score (nSPS) is 12.5. The highest BCUT2D eigenvalue weighted by atomic mass is 16.1. The van der Waals surface area contributed by atoms with Crippen LogP contribution in [0.15, 0.2) is 72.8 Å². The molecule has 0 saturated heterocycles. The van der Waals surface area contributed by atoms with Crippen LogP contribution in [0.4, 0.5) is 0 Å². The Morgan fingerprint density at radius 3 is 2.25 bits per heavy atom. The van der Waals surface area contributed by atoms with E-state index in [9.17, 15) is 4.79 Å². The molecule has 0 bridgehead atoms. The number of nitrogens with zero attached hydrogens (tertiary/aromatic N) is 1. The molecule has 24 heavy (non-hydrogen) atoms. The summed E-state index contributed by atoms with van der Waals surface area (Å²) in [5, 5.41) is 2.29. The Hall–Kier alpha value is -2.45. The molecule has 0 amide bonds. The van der Waals surface area contributed by atoms with Gasteiger partial charge in [0.25, 0.3) is 0 Å². The summed E-state index contributed by atoms with van der Waals surface area (Å²) in [5.41, 5.74) is 2.01. The molecular formula is C22H23NO. The van der Waals surface area contributed by atoms with Gasteiger partial charge in [0.05, 0.1) is 0 Å². The predicted molar refractivity (Wildman–Crippen MR) is 100 cm³/mol. The van der Waals surface area contributed by atoms with Crippen molar-refractivity contribution in [3.05, 3.63) is 83.9 Å². The fraction of sp³-hybridized carbons (Fsp3) is 0.227. The molecule has 122 valence electrons. The van der Waals surface area contributed by atoms with Gasteiger partial charge < -0.3 is 4.90 Å². The topological polar surface area (TPSA) is 20.3 Å².